The monoisotopic (exact) mass is 247 g/mol. The van der Waals surface area contributed by atoms with Crippen molar-refractivity contribution in [3.63, 3.8) is 0 Å². The SMILES string of the molecule is c1cc(C(C2CCNCC2)N2CCCCC2)c[nH]1. The Balaban J connectivity index is 1.78. The third kappa shape index (κ3) is 2.62. The number of nitrogens with one attached hydrogen (secondary N) is 2. The number of aromatic amines is 1. The smallest absolute Gasteiger partial charge is 0.0392 e. The zero-order chi connectivity index (χ0) is 12.2. The molecule has 0 aliphatic carbocycles. The average molecular weight is 247 g/mol. The Morgan fingerprint density at radius 1 is 1.11 bits per heavy atom. The van der Waals surface area contributed by atoms with Crippen LogP contribution < -0.4 is 5.32 Å². The zero-order valence-corrected chi connectivity index (χ0v) is 11.2. The van der Waals surface area contributed by atoms with E-state index in [4.69, 9.17) is 0 Å². The summed E-state index contributed by atoms with van der Waals surface area (Å²) in [6.07, 6.45) is 11.1. The molecule has 0 aromatic carbocycles. The summed E-state index contributed by atoms with van der Waals surface area (Å²) in [6.45, 7) is 4.97. The molecule has 3 nitrogen and oxygen atoms in total. The maximum absolute atomic E-state index is 3.49. The summed E-state index contributed by atoms with van der Waals surface area (Å²) in [5.74, 6) is 0.833. The van der Waals surface area contributed by atoms with Crippen molar-refractivity contribution >= 4 is 0 Å². The first-order valence-electron chi connectivity index (χ1n) is 7.52. The minimum atomic E-state index is 0.652. The van der Waals surface area contributed by atoms with Crippen LogP contribution in [0.4, 0.5) is 0 Å². The van der Waals surface area contributed by atoms with Crippen LogP contribution in [0.5, 0.6) is 0 Å². The van der Waals surface area contributed by atoms with Crippen molar-refractivity contribution in [3.8, 4) is 0 Å². The lowest BCUT2D eigenvalue weighted by atomic mass is 9.85. The Bertz CT molecular complexity index is 317. The highest BCUT2D eigenvalue weighted by molar-refractivity contribution is 5.16. The second kappa shape index (κ2) is 5.89. The van der Waals surface area contributed by atoms with E-state index in [1.807, 2.05) is 0 Å². The number of aromatic nitrogens is 1. The minimum absolute atomic E-state index is 0.652. The highest BCUT2D eigenvalue weighted by Crippen LogP contribution is 2.35. The number of hydrogen-bond donors (Lipinski definition) is 2. The molecule has 0 saturated carbocycles. The van der Waals surface area contributed by atoms with E-state index in [-0.39, 0.29) is 0 Å². The molecule has 2 aliphatic heterocycles. The van der Waals surface area contributed by atoms with E-state index in [0.717, 1.165) is 5.92 Å². The Morgan fingerprint density at radius 3 is 2.56 bits per heavy atom. The Hall–Kier alpha value is -0.800. The van der Waals surface area contributed by atoms with Crippen LogP contribution in [0.1, 0.15) is 43.7 Å². The molecule has 18 heavy (non-hydrogen) atoms. The lowest BCUT2D eigenvalue weighted by Gasteiger charge is -2.40. The summed E-state index contributed by atoms with van der Waals surface area (Å²) in [7, 11) is 0. The molecular formula is C15H25N3. The maximum Gasteiger partial charge on any atom is 0.0392 e. The van der Waals surface area contributed by atoms with Gasteiger partial charge in [0.05, 0.1) is 0 Å². The van der Waals surface area contributed by atoms with Crippen LogP contribution in [0, 0.1) is 5.92 Å². The third-order valence-corrected chi connectivity index (χ3v) is 4.58. The van der Waals surface area contributed by atoms with E-state index in [0.29, 0.717) is 6.04 Å². The Morgan fingerprint density at radius 2 is 1.89 bits per heavy atom. The molecule has 1 atom stereocenters. The molecule has 0 amide bonds. The van der Waals surface area contributed by atoms with E-state index in [1.54, 1.807) is 0 Å². The first-order valence-corrected chi connectivity index (χ1v) is 7.52. The summed E-state index contributed by atoms with van der Waals surface area (Å²) >= 11 is 0. The first-order chi connectivity index (χ1) is 8.95. The fourth-order valence-corrected chi connectivity index (χ4v) is 3.66. The van der Waals surface area contributed by atoms with Crippen molar-refractivity contribution in [3.05, 3.63) is 24.0 Å². The van der Waals surface area contributed by atoms with Gasteiger partial charge in [0.15, 0.2) is 0 Å². The fourth-order valence-electron chi connectivity index (χ4n) is 3.66. The highest BCUT2D eigenvalue weighted by atomic mass is 15.2. The highest BCUT2D eigenvalue weighted by Gasteiger charge is 2.30. The second-order valence-electron chi connectivity index (χ2n) is 5.77. The predicted octanol–water partition coefficient (Wildman–Crippen LogP) is 2.54. The van der Waals surface area contributed by atoms with E-state index in [1.165, 1.54) is 63.8 Å². The molecule has 100 valence electrons. The fraction of sp³-hybridized carbons (Fsp3) is 0.733. The average Bonchev–Trinajstić information content (AvgIpc) is 2.95. The van der Waals surface area contributed by atoms with E-state index < -0.39 is 0 Å². The molecule has 0 radical (unpaired) electrons. The van der Waals surface area contributed by atoms with Crippen LogP contribution in [0.3, 0.4) is 0 Å². The summed E-state index contributed by atoms with van der Waals surface area (Å²) in [5.41, 5.74) is 1.50. The molecule has 0 spiro atoms. The Labute approximate surface area is 110 Å². The van der Waals surface area contributed by atoms with Crippen molar-refractivity contribution in [1.29, 1.82) is 0 Å². The molecule has 2 N–H and O–H groups in total. The van der Waals surface area contributed by atoms with Gasteiger partial charge in [0.25, 0.3) is 0 Å². The van der Waals surface area contributed by atoms with Crippen LogP contribution in [0.15, 0.2) is 18.5 Å². The third-order valence-electron chi connectivity index (χ3n) is 4.58. The van der Waals surface area contributed by atoms with Gasteiger partial charge in [0.1, 0.15) is 0 Å². The lowest BCUT2D eigenvalue weighted by Crippen LogP contribution is -2.41. The van der Waals surface area contributed by atoms with Gasteiger partial charge in [-0.05, 0) is 69.4 Å². The normalized spacial score (nSPS) is 25.1. The van der Waals surface area contributed by atoms with Crippen LogP contribution in [0.25, 0.3) is 0 Å². The number of nitrogens with zero attached hydrogens (tertiary/aromatic N) is 1. The summed E-state index contributed by atoms with van der Waals surface area (Å²) < 4.78 is 0. The van der Waals surface area contributed by atoms with Crippen molar-refractivity contribution < 1.29 is 0 Å². The van der Waals surface area contributed by atoms with Gasteiger partial charge in [-0.2, -0.15) is 0 Å². The van der Waals surface area contributed by atoms with Gasteiger partial charge < -0.3 is 10.3 Å². The van der Waals surface area contributed by atoms with Gasteiger partial charge >= 0.3 is 0 Å². The van der Waals surface area contributed by atoms with Gasteiger partial charge in [-0.25, -0.2) is 0 Å². The van der Waals surface area contributed by atoms with Gasteiger partial charge in [-0.1, -0.05) is 6.42 Å². The molecule has 1 aromatic rings. The van der Waals surface area contributed by atoms with Crippen LogP contribution in [0.2, 0.25) is 0 Å². The molecular weight excluding hydrogens is 222 g/mol. The summed E-state index contributed by atoms with van der Waals surface area (Å²) in [5, 5.41) is 3.49. The largest absolute Gasteiger partial charge is 0.367 e. The van der Waals surface area contributed by atoms with Crippen LogP contribution >= 0.6 is 0 Å². The van der Waals surface area contributed by atoms with Crippen molar-refractivity contribution in [1.82, 2.24) is 15.2 Å². The maximum atomic E-state index is 3.49. The second-order valence-corrected chi connectivity index (χ2v) is 5.77. The number of H-pyrrole nitrogens is 1. The van der Waals surface area contributed by atoms with Crippen LogP contribution in [-0.4, -0.2) is 36.1 Å². The quantitative estimate of drug-likeness (QED) is 0.860. The molecule has 3 heteroatoms. The molecule has 3 heterocycles. The van der Waals surface area contributed by atoms with Gasteiger partial charge in [0.2, 0.25) is 0 Å². The van der Waals surface area contributed by atoms with Crippen molar-refractivity contribution in [2.45, 2.75) is 38.1 Å². The molecule has 2 fully saturated rings. The molecule has 1 unspecified atom stereocenters. The predicted molar refractivity (Wildman–Crippen MR) is 74.6 cm³/mol. The van der Waals surface area contributed by atoms with Crippen LogP contribution in [-0.2, 0) is 0 Å². The molecule has 2 aliphatic rings. The standard InChI is InChI=1S/C15H25N3/c1-2-10-18(11-3-1)15(14-6-9-17-12-14)13-4-7-16-8-5-13/h6,9,12-13,15-17H,1-5,7-8,10-11H2. The topological polar surface area (TPSA) is 31.1 Å². The van der Waals surface area contributed by atoms with Crippen molar-refractivity contribution in [2.24, 2.45) is 5.92 Å². The van der Waals surface area contributed by atoms with Gasteiger partial charge in [-0.15, -0.1) is 0 Å². The first kappa shape index (κ1) is 12.2. The summed E-state index contributed by atoms with van der Waals surface area (Å²) in [4.78, 5) is 5.98. The molecule has 1 aromatic heterocycles. The number of piperidine rings is 2. The number of hydrogen-bond acceptors (Lipinski definition) is 2. The number of likely N-dealkylation sites (tertiary alicyclic amines) is 1. The van der Waals surface area contributed by atoms with Gasteiger partial charge in [-0.3, -0.25) is 4.90 Å². The lowest BCUT2D eigenvalue weighted by molar-refractivity contribution is 0.1000. The number of rotatable bonds is 3. The molecule has 2 saturated heterocycles. The molecule has 3 rings (SSSR count). The van der Waals surface area contributed by atoms with E-state index in [9.17, 15) is 0 Å². The Kier molecular flexibility index (Phi) is 4.01. The zero-order valence-electron chi connectivity index (χ0n) is 11.2. The van der Waals surface area contributed by atoms with E-state index >= 15 is 0 Å². The van der Waals surface area contributed by atoms with E-state index in [2.05, 4.69) is 33.7 Å². The molecule has 0 bridgehead atoms. The minimum Gasteiger partial charge on any atom is -0.367 e. The van der Waals surface area contributed by atoms with Crippen molar-refractivity contribution in [2.75, 3.05) is 26.2 Å². The van der Waals surface area contributed by atoms with Gasteiger partial charge in [0, 0.05) is 18.4 Å². The summed E-state index contributed by atoms with van der Waals surface area (Å²) in [6, 6.07) is 2.93.